The van der Waals surface area contributed by atoms with Crippen LogP contribution in [0.2, 0.25) is 0 Å². The Morgan fingerprint density at radius 2 is 1.95 bits per heavy atom. The summed E-state index contributed by atoms with van der Waals surface area (Å²) in [6.45, 7) is 0.394. The summed E-state index contributed by atoms with van der Waals surface area (Å²) in [7, 11) is 0. The van der Waals surface area contributed by atoms with E-state index in [9.17, 15) is 4.39 Å². The number of nitrogens with one attached hydrogen (secondary N) is 2. The summed E-state index contributed by atoms with van der Waals surface area (Å²) in [6.07, 6.45) is 1.87. The van der Waals surface area contributed by atoms with Gasteiger partial charge in [-0.3, -0.25) is 4.40 Å². The van der Waals surface area contributed by atoms with Gasteiger partial charge in [0.15, 0.2) is 16.6 Å². The summed E-state index contributed by atoms with van der Waals surface area (Å²) in [6, 6.07) is 12.0. The number of halogens is 1. The van der Waals surface area contributed by atoms with Gasteiger partial charge in [0.2, 0.25) is 0 Å². The van der Waals surface area contributed by atoms with E-state index >= 15 is 0 Å². The number of benzene rings is 1. The number of nitrogens with zero attached hydrogens (tertiary/aromatic N) is 3. The summed E-state index contributed by atoms with van der Waals surface area (Å²) in [5, 5.41) is 14.2. The number of thiocarbonyl (C=S) groups is 1. The van der Waals surface area contributed by atoms with Gasteiger partial charge in [-0.2, -0.15) is 0 Å². The minimum Gasteiger partial charge on any atom is -0.355 e. The standard InChI is InChI=1S/C14H12FN5S/c15-10-5-1-2-6-11(10)17-14(21)16-9-13-19-18-12-7-3-4-8-20(12)13/h1-8H,9H2,(H2,16,17,21). The average Bonchev–Trinajstić information content (AvgIpc) is 2.91. The average molecular weight is 301 g/mol. The first-order chi connectivity index (χ1) is 10.2. The molecule has 0 amide bonds. The fourth-order valence-corrected chi connectivity index (χ4v) is 2.08. The van der Waals surface area contributed by atoms with Crippen LogP contribution < -0.4 is 10.6 Å². The lowest BCUT2D eigenvalue weighted by Gasteiger charge is -2.10. The molecule has 3 rings (SSSR count). The van der Waals surface area contributed by atoms with Gasteiger partial charge in [-0.15, -0.1) is 10.2 Å². The van der Waals surface area contributed by atoms with E-state index in [-0.39, 0.29) is 5.82 Å². The van der Waals surface area contributed by atoms with Crippen molar-refractivity contribution in [2.24, 2.45) is 0 Å². The van der Waals surface area contributed by atoms with Crippen LogP contribution in [0.1, 0.15) is 5.82 Å². The summed E-state index contributed by atoms with van der Waals surface area (Å²) in [5.41, 5.74) is 1.10. The first kappa shape index (κ1) is 13.4. The van der Waals surface area contributed by atoms with Gasteiger partial charge in [-0.25, -0.2) is 4.39 Å². The smallest absolute Gasteiger partial charge is 0.171 e. The zero-order valence-corrected chi connectivity index (χ0v) is 11.8. The molecule has 21 heavy (non-hydrogen) atoms. The lowest BCUT2D eigenvalue weighted by atomic mass is 10.3. The largest absolute Gasteiger partial charge is 0.355 e. The third-order valence-corrected chi connectivity index (χ3v) is 3.16. The van der Waals surface area contributed by atoms with E-state index in [1.807, 2.05) is 28.8 Å². The van der Waals surface area contributed by atoms with Gasteiger partial charge in [0.05, 0.1) is 12.2 Å². The van der Waals surface area contributed by atoms with Gasteiger partial charge in [-0.1, -0.05) is 18.2 Å². The van der Waals surface area contributed by atoms with E-state index < -0.39 is 0 Å². The monoisotopic (exact) mass is 301 g/mol. The van der Waals surface area contributed by atoms with Gasteiger partial charge < -0.3 is 10.6 Å². The molecule has 1 aromatic carbocycles. The maximum atomic E-state index is 13.5. The number of hydrogen-bond donors (Lipinski definition) is 2. The highest BCUT2D eigenvalue weighted by atomic mass is 32.1. The van der Waals surface area contributed by atoms with Crippen molar-refractivity contribution in [3.63, 3.8) is 0 Å². The predicted molar refractivity (Wildman–Crippen MR) is 82.4 cm³/mol. The van der Waals surface area contributed by atoms with Crippen LogP contribution in [0.15, 0.2) is 48.7 Å². The molecule has 0 saturated heterocycles. The van der Waals surface area contributed by atoms with Crippen molar-refractivity contribution in [3.8, 4) is 0 Å². The topological polar surface area (TPSA) is 54.2 Å². The minimum atomic E-state index is -0.352. The van der Waals surface area contributed by atoms with Crippen LogP contribution in [0.25, 0.3) is 5.65 Å². The van der Waals surface area contributed by atoms with Gasteiger partial charge in [-0.05, 0) is 36.5 Å². The molecule has 0 aliphatic heterocycles. The van der Waals surface area contributed by atoms with Crippen LogP contribution in [0.3, 0.4) is 0 Å². The highest BCUT2D eigenvalue weighted by molar-refractivity contribution is 7.80. The molecule has 0 atom stereocenters. The molecule has 5 nitrogen and oxygen atoms in total. The third-order valence-electron chi connectivity index (χ3n) is 2.91. The molecule has 0 bridgehead atoms. The normalized spacial score (nSPS) is 10.5. The molecule has 0 saturated carbocycles. The molecular weight excluding hydrogens is 289 g/mol. The third kappa shape index (κ3) is 2.97. The van der Waals surface area contributed by atoms with Gasteiger partial charge in [0.1, 0.15) is 5.82 Å². The Hall–Kier alpha value is -2.54. The Morgan fingerprint density at radius 1 is 1.14 bits per heavy atom. The van der Waals surface area contributed by atoms with E-state index in [1.165, 1.54) is 6.07 Å². The Balaban J connectivity index is 1.65. The van der Waals surface area contributed by atoms with Crippen molar-refractivity contribution in [3.05, 3.63) is 60.3 Å². The molecule has 3 aromatic rings. The van der Waals surface area contributed by atoms with Crippen molar-refractivity contribution < 1.29 is 4.39 Å². The number of rotatable bonds is 3. The fourth-order valence-electron chi connectivity index (χ4n) is 1.90. The molecule has 0 aliphatic rings. The number of para-hydroxylation sites is 1. The number of fused-ring (bicyclic) bond motifs is 1. The van der Waals surface area contributed by atoms with Crippen molar-refractivity contribution in [2.75, 3.05) is 5.32 Å². The molecule has 2 N–H and O–H groups in total. The summed E-state index contributed by atoms with van der Waals surface area (Å²) >= 11 is 5.15. The molecule has 2 heterocycles. The lowest BCUT2D eigenvalue weighted by Crippen LogP contribution is -2.29. The molecule has 0 fully saturated rings. The Kier molecular flexibility index (Phi) is 3.74. The lowest BCUT2D eigenvalue weighted by molar-refractivity contribution is 0.632. The molecular formula is C14H12FN5S. The van der Waals surface area contributed by atoms with Crippen LogP contribution in [-0.4, -0.2) is 19.7 Å². The second-order valence-corrected chi connectivity index (χ2v) is 4.74. The van der Waals surface area contributed by atoms with Crippen LogP contribution >= 0.6 is 12.2 Å². The molecule has 7 heteroatoms. The van der Waals surface area contributed by atoms with E-state index in [4.69, 9.17) is 12.2 Å². The molecule has 2 aromatic heterocycles. The van der Waals surface area contributed by atoms with Crippen molar-refractivity contribution in [1.29, 1.82) is 0 Å². The summed E-state index contributed by atoms with van der Waals surface area (Å²) in [4.78, 5) is 0. The Labute approximate surface area is 125 Å². The predicted octanol–water partition coefficient (Wildman–Crippen LogP) is 2.36. The van der Waals surface area contributed by atoms with E-state index in [2.05, 4.69) is 20.8 Å². The van der Waals surface area contributed by atoms with Crippen molar-refractivity contribution in [2.45, 2.75) is 6.54 Å². The molecule has 0 radical (unpaired) electrons. The maximum absolute atomic E-state index is 13.5. The first-order valence-corrected chi connectivity index (χ1v) is 6.73. The van der Waals surface area contributed by atoms with Crippen molar-refractivity contribution >= 4 is 28.7 Å². The van der Waals surface area contributed by atoms with Crippen LogP contribution in [0, 0.1) is 5.82 Å². The van der Waals surface area contributed by atoms with Crippen LogP contribution in [-0.2, 0) is 6.54 Å². The number of pyridine rings is 1. The second kappa shape index (κ2) is 5.84. The SMILES string of the molecule is Fc1ccccc1NC(=S)NCc1nnc2ccccn12. The Bertz CT molecular complexity index is 786. The Morgan fingerprint density at radius 3 is 2.81 bits per heavy atom. The van der Waals surface area contributed by atoms with Gasteiger partial charge in [0.25, 0.3) is 0 Å². The van der Waals surface area contributed by atoms with E-state index in [0.29, 0.717) is 17.3 Å². The second-order valence-electron chi connectivity index (χ2n) is 4.33. The molecule has 106 valence electrons. The fraction of sp³-hybridized carbons (Fsp3) is 0.0714. The van der Waals surface area contributed by atoms with Crippen LogP contribution in [0.4, 0.5) is 10.1 Å². The highest BCUT2D eigenvalue weighted by Gasteiger charge is 2.06. The molecule has 0 unspecified atom stereocenters. The summed E-state index contributed by atoms with van der Waals surface area (Å²) in [5.74, 6) is 0.373. The maximum Gasteiger partial charge on any atom is 0.171 e. The van der Waals surface area contributed by atoms with E-state index in [1.54, 1.807) is 18.2 Å². The van der Waals surface area contributed by atoms with Gasteiger partial charge in [0, 0.05) is 6.20 Å². The minimum absolute atomic E-state index is 0.327. The zero-order valence-electron chi connectivity index (χ0n) is 11.0. The van der Waals surface area contributed by atoms with Crippen molar-refractivity contribution in [1.82, 2.24) is 19.9 Å². The van der Waals surface area contributed by atoms with Gasteiger partial charge >= 0.3 is 0 Å². The summed E-state index contributed by atoms with van der Waals surface area (Å²) < 4.78 is 15.4. The highest BCUT2D eigenvalue weighted by Crippen LogP contribution is 2.12. The zero-order chi connectivity index (χ0) is 14.7. The molecule has 0 aliphatic carbocycles. The van der Waals surface area contributed by atoms with Crippen LogP contribution in [0.5, 0.6) is 0 Å². The van der Waals surface area contributed by atoms with E-state index in [0.717, 1.165) is 11.5 Å². The number of hydrogen-bond acceptors (Lipinski definition) is 3. The first-order valence-electron chi connectivity index (χ1n) is 6.32. The number of anilines is 1. The molecule has 0 spiro atoms. The quantitative estimate of drug-likeness (QED) is 0.727. The number of aromatic nitrogens is 3.